The van der Waals surface area contributed by atoms with Crippen molar-refractivity contribution in [2.24, 2.45) is 0 Å². The number of likely N-dealkylation sites (tertiary alicyclic amines) is 1. The SMILES string of the molecule is CCOc1cc(C(c2ccc(-c3ccccc3)cc2)N2CCCC2C(=O)O)ccc1OC. The Hall–Kier alpha value is -3.31. The first-order valence-electron chi connectivity index (χ1n) is 11.1. The Morgan fingerprint density at radius 3 is 2.34 bits per heavy atom. The van der Waals surface area contributed by atoms with E-state index in [0.717, 1.165) is 35.2 Å². The molecule has 0 saturated carbocycles. The lowest BCUT2D eigenvalue weighted by Crippen LogP contribution is -2.39. The second-order valence-corrected chi connectivity index (χ2v) is 7.97. The highest BCUT2D eigenvalue weighted by Gasteiger charge is 2.37. The van der Waals surface area contributed by atoms with E-state index in [9.17, 15) is 9.90 Å². The summed E-state index contributed by atoms with van der Waals surface area (Å²) < 4.78 is 11.3. The molecule has 0 spiro atoms. The van der Waals surface area contributed by atoms with Gasteiger partial charge in [-0.15, -0.1) is 0 Å². The molecule has 1 aliphatic rings. The summed E-state index contributed by atoms with van der Waals surface area (Å²) in [4.78, 5) is 14.1. The zero-order chi connectivity index (χ0) is 22.5. The van der Waals surface area contributed by atoms with Crippen molar-refractivity contribution in [3.8, 4) is 22.6 Å². The van der Waals surface area contributed by atoms with Crippen LogP contribution in [0.3, 0.4) is 0 Å². The fraction of sp³-hybridized carbons (Fsp3) is 0.296. The molecule has 0 aliphatic carbocycles. The average molecular weight is 432 g/mol. The molecular formula is C27H29NO4. The molecule has 5 nitrogen and oxygen atoms in total. The number of carboxylic acids is 1. The van der Waals surface area contributed by atoms with E-state index in [1.165, 1.54) is 0 Å². The Balaban J connectivity index is 1.77. The average Bonchev–Trinajstić information content (AvgIpc) is 3.31. The maximum Gasteiger partial charge on any atom is 0.320 e. The van der Waals surface area contributed by atoms with Gasteiger partial charge in [0, 0.05) is 6.54 Å². The van der Waals surface area contributed by atoms with E-state index in [0.29, 0.717) is 24.5 Å². The van der Waals surface area contributed by atoms with Gasteiger partial charge in [0.05, 0.1) is 19.8 Å². The molecule has 4 rings (SSSR count). The van der Waals surface area contributed by atoms with E-state index >= 15 is 0 Å². The van der Waals surface area contributed by atoms with E-state index in [-0.39, 0.29) is 6.04 Å². The van der Waals surface area contributed by atoms with Gasteiger partial charge >= 0.3 is 5.97 Å². The van der Waals surface area contributed by atoms with Crippen molar-refractivity contribution in [1.29, 1.82) is 0 Å². The molecule has 1 fully saturated rings. The normalized spacial score (nSPS) is 17.1. The zero-order valence-corrected chi connectivity index (χ0v) is 18.5. The first-order chi connectivity index (χ1) is 15.6. The van der Waals surface area contributed by atoms with Crippen molar-refractivity contribution in [3.63, 3.8) is 0 Å². The molecule has 32 heavy (non-hydrogen) atoms. The number of carboxylic acid groups (broad SMARTS) is 1. The molecule has 0 radical (unpaired) electrons. The number of hydrogen-bond donors (Lipinski definition) is 1. The summed E-state index contributed by atoms with van der Waals surface area (Å²) in [5.41, 5.74) is 4.35. The Morgan fingerprint density at radius 2 is 1.69 bits per heavy atom. The minimum absolute atomic E-state index is 0.187. The summed E-state index contributed by atoms with van der Waals surface area (Å²) >= 11 is 0. The van der Waals surface area contributed by atoms with Gasteiger partial charge in [-0.2, -0.15) is 0 Å². The predicted octanol–water partition coefficient (Wildman–Crippen LogP) is 5.40. The Bertz CT molecular complexity index is 1050. The van der Waals surface area contributed by atoms with E-state index < -0.39 is 12.0 Å². The predicted molar refractivity (Wildman–Crippen MR) is 125 cm³/mol. The van der Waals surface area contributed by atoms with Crippen molar-refractivity contribution in [1.82, 2.24) is 4.90 Å². The maximum atomic E-state index is 12.0. The molecule has 3 aromatic carbocycles. The second kappa shape index (κ2) is 9.88. The molecule has 1 aliphatic heterocycles. The van der Waals surface area contributed by atoms with Gasteiger partial charge in [-0.3, -0.25) is 9.69 Å². The second-order valence-electron chi connectivity index (χ2n) is 7.97. The molecule has 1 N–H and O–H groups in total. The molecular weight excluding hydrogens is 402 g/mol. The van der Waals surface area contributed by atoms with E-state index in [1.807, 2.05) is 43.3 Å². The monoisotopic (exact) mass is 431 g/mol. The number of aliphatic carboxylic acids is 1. The van der Waals surface area contributed by atoms with Crippen molar-refractivity contribution in [2.45, 2.75) is 31.8 Å². The molecule has 0 amide bonds. The number of rotatable bonds is 8. The fourth-order valence-electron chi connectivity index (χ4n) is 4.56. The molecule has 166 valence electrons. The first kappa shape index (κ1) is 21.9. The fourth-order valence-corrected chi connectivity index (χ4v) is 4.56. The third-order valence-corrected chi connectivity index (χ3v) is 6.05. The van der Waals surface area contributed by atoms with E-state index in [1.54, 1.807) is 7.11 Å². The van der Waals surface area contributed by atoms with Crippen LogP contribution in [0.5, 0.6) is 11.5 Å². The summed E-state index contributed by atoms with van der Waals surface area (Å²) in [7, 11) is 1.62. The van der Waals surface area contributed by atoms with E-state index in [4.69, 9.17) is 9.47 Å². The number of carbonyl (C=O) groups is 1. The van der Waals surface area contributed by atoms with Gasteiger partial charge in [0.2, 0.25) is 0 Å². The van der Waals surface area contributed by atoms with Crippen LogP contribution in [-0.2, 0) is 4.79 Å². The van der Waals surface area contributed by atoms with Crippen LogP contribution in [0.15, 0.2) is 72.8 Å². The number of hydrogen-bond acceptors (Lipinski definition) is 4. The lowest BCUT2D eigenvalue weighted by molar-refractivity contribution is -0.142. The van der Waals surface area contributed by atoms with E-state index in [2.05, 4.69) is 41.3 Å². The van der Waals surface area contributed by atoms with Gasteiger partial charge in [0.15, 0.2) is 11.5 Å². The van der Waals surface area contributed by atoms with Crippen LogP contribution in [0.1, 0.15) is 36.9 Å². The maximum absolute atomic E-state index is 12.0. The standard InChI is InChI=1S/C27H29NO4/c1-3-32-25-18-22(15-16-24(25)31-2)26(28-17-7-10-23(28)27(29)30)21-13-11-20(12-14-21)19-8-5-4-6-9-19/h4-6,8-9,11-16,18,23,26H,3,7,10,17H2,1-2H3,(H,29,30). The van der Waals surface area contributed by atoms with Gasteiger partial charge in [-0.25, -0.2) is 0 Å². The van der Waals surface area contributed by atoms with Crippen LogP contribution < -0.4 is 9.47 Å². The minimum Gasteiger partial charge on any atom is -0.493 e. The van der Waals surface area contributed by atoms with Crippen molar-refractivity contribution < 1.29 is 19.4 Å². The lowest BCUT2D eigenvalue weighted by atomic mass is 9.94. The summed E-state index contributed by atoms with van der Waals surface area (Å²) in [5, 5.41) is 9.85. The first-order valence-corrected chi connectivity index (χ1v) is 11.1. The van der Waals surface area contributed by atoms with Gasteiger partial charge in [0.25, 0.3) is 0 Å². The van der Waals surface area contributed by atoms with Crippen LogP contribution in [0.25, 0.3) is 11.1 Å². The Kier molecular flexibility index (Phi) is 6.76. The number of nitrogens with zero attached hydrogens (tertiary/aromatic N) is 1. The minimum atomic E-state index is -0.771. The number of ether oxygens (including phenoxy) is 2. The summed E-state index contributed by atoms with van der Waals surface area (Å²) in [6, 6.07) is 23.9. The third kappa shape index (κ3) is 4.48. The van der Waals surface area contributed by atoms with Crippen LogP contribution >= 0.6 is 0 Å². The van der Waals surface area contributed by atoms with Crippen molar-refractivity contribution in [2.75, 3.05) is 20.3 Å². The summed E-state index contributed by atoms with van der Waals surface area (Å²) in [6.45, 7) is 3.20. The molecule has 2 atom stereocenters. The van der Waals surface area contributed by atoms with Crippen LogP contribution in [0.2, 0.25) is 0 Å². The molecule has 5 heteroatoms. The molecule has 2 unspecified atom stereocenters. The summed E-state index contributed by atoms with van der Waals surface area (Å²) in [6.07, 6.45) is 1.52. The third-order valence-electron chi connectivity index (χ3n) is 6.05. The summed E-state index contributed by atoms with van der Waals surface area (Å²) in [5.74, 6) is 0.571. The molecule has 1 saturated heterocycles. The highest BCUT2D eigenvalue weighted by molar-refractivity contribution is 5.74. The molecule has 3 aromatic rings. The quantitative estimate of drug-likeness (QED) is 0.518. The Labute approximate surface area is 189 Å². The molecule has 0 bridgehead atoms. The molecule has 1 heterocycles. The Morgan fingerprint density at radius 1 is 1.00 bits per heavy atom. The number of methoxy groups -OCH3 is 1. The van der Waals surface area contributed by atoms with Crippen molar-refractivity contribution in [3.05, 3.63) is 83.9 Å². The largest absolute Gasteiger partial charge is 0.493 e. The smallest absolute Gasteiger partial charge is 0.320 e. The van der Waals surface area contributed by atoms with Crippen molar-refractivity contribution >= 4 is 5.97 Å². The highest BCUT2D eigenvalue weighted by atomic mass is 16.5. The topological polar surface area (TPSA) is 59.0 Å². The lowest BCUT2D eigenvalue weighted by Gasteiger charge is -2.32. The zero-order valence-electron chi connectivity index (χ0n) is 18.5. The van der Waals surface area contributed by atoms with Gasteiger partial charge in [-0.1, -0.05) is 60.7 Å². The van der Waals surface area contributed by atoms with Crippen LogP contribution in [0.4, 0.5) is 0 Å². The highest BCUT2D eigenvalue weighted by Crippen LogP contribution is 2.39. The van der Waals surface area contributed by atoms with Gasteiger partial charge < -0.3 is 14.6 Å². The van der Waals surface area contributed by atoms with Crippen LogP contribution in [-0.4, -0.2) is 42.3 Å². The number of benzene rings is 3. The molecule has 0 aromatic heterocycles. The van der Waals surface area contributed by atoms with Gasteiger partial charge in [-0.05, 0) is 54.2 Å². The van der Waals surface area contributed by atoms with Crippen LogP contribution in [0, 0.1) is 0 Å². The van der Waals surface area contributed by atoms with Gasteiger partial charge in [0.1, 0.15) is 6.04 Å².